The largest absolute Gasteiger partial charge is 0.493 e. The van der Waals surface area contributed by atoms with Gasteiger partial charge in [-0.25, -0.2) is 0 Å². The van der Waals surface area contributed by atoms with Crippen molar-refractivity contribution >= 4 is 11.6 Å². The number of ether oxygens (including phenoxy) is 1. The van der Waals surface area contributed by atoms with E-state index in [1.165, 1.54) is 19.1 Å². The first kappa shape index (κ1) is 20.7. The summed E-state index contributed by atoms with van der Waals surface area (Å²) in [5.74, 6) is 0.0403. The molecule has 0 bridgehead atoms. The first-order valence-electron chi connectivity index (χ1n) is 8.22. The predicted molar refractivity (Wildman–Crippen MR) is 95.4 cm³/mol. The van der Waals surface area contributed by atoms with Crippen LogP contribution in [0, 0.1) is 0 Å². The molecule has 27 heavy (non-hydrogen) atoms. The molecular weight excluding hydrogens is 361 g/mol. The molecule has 146 valence electrons. The second-order valence-corrected chi connectivity index (χ2v) is 6.35. The van der Waals surface area contributed by atoms with Crippen LogP contribution in [0.2, 0.25) is 0 Å². The number of alkyl halides is 3. The number of aliphatic hydroxyl groups is 1. The molecule has 0 radical (unpaired) electrons. The Kier molecular flexibility index (Phi) is 6.45. The van der Waals surface area contributed by atoms with Crippen molar-refractivity contribution in [2.75, 3.05) is 18.5 Å². The summed E-state index contributed by atoms with van der Waals surface area (Å²) in [4.78, 5) is 11.9. The van der Waals surface area contributed by atoms with Gasteiger partial charge < -0.3 is 20.9 Å². The van der Waals surface area contributed by atoms with Crippen molar-refractivity contribution in [2.45, 2.75) is 25.1 Å². The van der Waals surface area contributed by atoms with Gasteiger partial charge in [-0.05, 0) is 48.9 Å². The third-order valence-electron chi connectivity index (χ3n) is 3.90. The van der Waals surface area contributed by atoms with E-state index in [4.69, 9.17) is 15.6 Å². The molecule has 4 N–H and O–H groups in total. The van der Waals surface area contributed by atoms with Crippen LogP contribution in [0.25, 0.3) is 0 Å². The van der Waals surface area contributed by atoms with Crippen LogP contribution in [0.3, 0.4) is 0 Å². The van der Waals surface area contributed by atoms with Gasteiger partial charge in [-0.1, -0.05) is 12.1 Å². The maximum atomic E-state index is 12.5. The first-order chi connectivity index (χ1) is 12.6. The second kappa shape index (κ2) is 8.41. The third kappa shape index (κ3) is 5.97. The van der Waals surface area contributed by atoms with Gasteiger partial charge in [0.15, 0.2) is 0 Å². The number of carbonyl (C=O) groups is 1. The number of hydrogen-bond acceptors (Lipinski definition) is 4. The third-order valence-corrected chi connectivity index (χ3v) is 3.90. The van der Waals surface area contributed by atoms with Crippen molar-refractivity contribution in [3.63, 3.8) is 0 Å². The molecule has 0 aromatic heterocycles. The highest BCUT2D eigenvalue weighted by molar-refractivity contribution is 5.97. The lowest BCUT2D eigenvalue weighted by Gasteiger charge is -2.20. The normalized spacial score (nSPS) is 13.7. The topological polar surface area (TPSA) is 84.6 Å². The summed E-state index contributed by atoms with van der Waals surface area (Å²) in [6.07, 6.45) is -3.89. The van der Waals surface area contributed by atoms with Crippen LogP contribution in [-0.2, 0) is 17.4 Å². The Labute approximate surface area is 154 Å². The number of rotatable bonds is 7. The Morgan fingerprint density at radius 1 is 1.11 bits per heavy atom. The molecule has 1 atom stereocenters. The Hall–Kier alpha value is -2.58. The lowest BCUT2D eigenvalue weighted by Crippen LogP contribution is -2.51. The lowest BCUT2D eigenvalue weighted by atomic mass is 10.0. The van der Waals surface area contributed by atoms with Gasteiger partial charge >= 0.3 is 6.18 Å². The SMILES string of the molecule is C[C@](N)(CO)C(=O)Nc1ccc(OCCc2ccc(C(F)(F)F)cc2)cc1. The van der Waals surface area contributed by atoms with Crippen molar-refractivity contribution in [1.29, 1.82) is 0 Å². The van der Waals surface area contributed by atoms with Gasteiger partial charge in [-0.3, -0.25) is 4.79 Å². The minimum Gasteiger partial charge on any atom is -0.493 e. The maximum Gasteiger partial charge on any atom is 0.416 e. The zero-order valence-electron chi connectivity index (χ0n) is 14.7. The number of nitrogens with two attached hydrogens (primary N) is 1. The number of carbonyl (C=O) groups excluding carboxylic acids is 1. The molecule has 2 rings (SSSR count). The maximum absolute atomic E-state index is 12.5. The fourth-order valence-electron chi connectivity index (χ4n) is 2.13. The van der Waals surface area contributed by atoms with E-state index in [0.717, 1.165) is 17.7 Å². The average molecular weight is 382 g/mol. The molecular formula is C19H21F3N2O3. The van der Waals surface area contributed by atoms with Crippen molar-refractivity contribution in [3.8, 4) is 5.75 Å². The fraction of sp³-hybridized carbons (Fsp3) is 0.316. The Balaban J connectivity index is 1.84. The molecule has 0 saturated carbocycles. The van der Waals surface area contributed by atoms with Crippen LogP contribution in [0.5, 0.6) is 5.75 Å². The van der Waals surface area contributed by atoms with Crippen LogP contribution in [0.1, 0.15) is 18.1 Å². The summed E-state index contributed by atoms with van der Waals surface area (Å²) in [6.45, 7) is 1.23. The molecule has 0 aliphatic rings. The van der Waals surface area contributed by atoms with Crippen LogP contribution >= 0.6 is 0 Å². The number of nitrogens with one attached hydrogen (secondary N) is 1. The number of halogens is 3. The highest BCUT2D eigenvalue weighted by Gasteiger charge is 2.30. The molecule has 0 heterocycles. The first-order valence-corrected chi connectivity index (χ1v) is 8.22. The van der Waals surface area contributed by atoms with E-state index in [1.807, 2.05) is 0 Å². The van der Waals surface area contributed by atoms with E-state index in [-0.39, 0.29) is 0 Å². The van der Waals surface area contributed by atoms with Crippen LogP contribution in [-0.4, -0.2) is 29.8 Å². The predicted octanol–water partition coefficient (Wildman–Crippen LogP) is 2.98. The molecule has 2 aromatic carbocycles. The standard InChI is InChI=1S/C19H21F3N2O3/c1-18(23,12-25)17(26)24-15-6-8-16(9-7-15)27-11-10-13-2-4-14(5-3-13)19(20,21)22/h2-9,25H,10-12,23H2,1H3,(H,24,26)/t18-/m0/s1. The summed E-state index contributed by atoms with van der Waals surface area (Å²) in [5.41, 5.74) is 4.82. The quantitative estimate of drug-likeness (QED) is 0.687. The number of amides is 1. The molecule has 5 nitrogen and oxygen atoms in total. The number of aliphatic hydroxyl groups excluding tert-OH is 1. The molecule has 8 heteroatoms. The van der Waals surface area contributed by atoms with E-state index in [9.17, 15) is 18.0 Å². The minimum absolute atomic E-state index is 0.294. The molecule has 0 fully saturated rings. The van der Waals surface area contributed by atoms with Crippen LogP contribution in [0.15, 0.2) is 48.5 Å². The molecule has 0 saturated heterocycles. The molecule has 1 amide bonds. The van der Waals surface area contributed by atoms with E-state index in [2.05, 4.69) is 5.32 Å². The van der Waals surface area contributed by atoms with Gasteiger partial charge in [0, 0.05) is 12.1 Å². The molecule has 2 aromatic rings. The van der Waals surface area contributed by atoms with E-state index in [0.29, 0.717) is 24.5 Å². The zero-order chi connectivity index (χ0) is 20.1. The number of anilines is 1. The van der Waals surface area contributed by atoms with Crippen molar-refractivity contribution in [3.05, 3.63) is 59.7 Å². The Morgan fingerprint density at radius 2 is 1.70 bits per heavy atom. The monoisotopic (exact) mass is 382 g/mol. The fourth-order valence-corrected chi connectivity index (χ4v) is 2.13. The molecule has 0 aliphatic heterocycles. The molecule has 0 unspecified atom stereocenters. The Bertz CT molecular complexity index is 757. The number of hydrogen-bond donors (Lipinski definition) is 3. The molecule has 0 spiro atoms. The van der Waals surface area contributed by atoms with E-state index >= 15 is 0 Å². The van der Waals surface area contributed by atoms with Gasteiger partial charge in [0.1, 0.15) is 11.3 Å². The summed E-state index contributed by atoms with van der Waals surface area (Å²) in [5, 5.41) is 11.7. The van der Waals surface area contributed by atoms with Gasteiger partial charge in [0.05, 0.1) is 18.8 Å². The lowest BCUT2D eigenvalue weighted by molar-refractivity contribution is -0.137. The smallest absolute Gasteiger partial charge is 0.416 e. The summed E-state index contributed by atoms with van der Waals surface area (Å²) in [6, 6.07) is 11.5. The molecule has 0 aliphatic carbocycles. The van der Waals surface area contributed by atoms with Gasteiger partial charge in [-0.15, -0.1) is 0 Å². The highest BCUT2D eigenvalue weighted by Crippen LogP contribution is 2.29. The van der Waals surface area contributed by atoms with Gasteiger partial charge in [0.25, 0.3) is 0 Å². The van der Waals surface area contributed by atoms with Gasteiger partial charge in [0.2, 0.25) is 5.91 Å². The van der Waals surface area contributed by atoms with Crippen molar-refractivity contribution in [2.24, 2.45) is 5.73 Å². The summed E-state index contributed by atoms with van der Waals surface area (Å²) >= 11 is 0. The summed E-state index contributed by atoms with van der Waals surface area (Å²) < 4.78 is 43.1. The second-order valence-electron chi connectivity index (χ2n) is 6.35. The zero-order valence-corrected chi connectivity index (χ0v) is 14.7. The Morgan fingerprint density at radius 3 is 2.22 bits per heavy atom. The van der Waals surface area contributed by atoms with Crippen LogP contribution in [0.4, 0.5) is 18.9 Å². The summed E-state index contributed by atoms with van der Waals surface area (Å²) in [7, 11) is 0. The highest BCUT2D eigenvalue weighted by atomic mass is 19.4. The van der Waals surface area contributed by atoms with Gasteiger partial charge in [-0.2, -0.15) is 13.2 Å². The minimum atomic E-state index is -4.34. The van der Waals surface area contributed by atoms with E-state index < -0.39 is 29.8 Å². The van der Waals surface area contributed by atoms with Crippen molar-refractivity contribution in [1.82, 2.24) is 0 Å². The average Bonchev–Trinajstić information content (AvgIpc) is 2.63. The van der Waals surface area contributed by atoms with Crippen molar-refractivity contribution < 1.29 is 27.8 Å². The number of benzene rings is 2. The van der Waals surface area contributed by atoms with E-state index in [1.54, 1.807) is 24.3 Å². The van der Waals surface area contributed by atoms with Crippen LogP contribution < -0.4 is 15.8 Å².